The van der Waals surface area contributed by atoms with Gasteiger partial charge in [-0.3, -0.25) is 0 Å². The van der Waals surface area contributed by atoms with E-state index in [1.807, 2.05) is 0 Å². The van der Waals surface area contributed by atoms with E-state index in [-0.39, 0.29) is 6.10 Å². The van der Waals surface area contributed by atoms with Gasteiger partial charge in [0.25, 0.3) is 0 Å². The Morgan fingerprint density at radius 2 is 2.18 bits per heavy atom. The van der Waals surface area contributed by atoms with Crippen LogP contribution in [0.4, 0.5) is 0 Å². The quantitative estimate of drug-likeness (QED) is 0.775. The predicted molar refractivity (Wildman–Crippen MR) is 72.6 cm³/mol. The molecule has 2 rings (SSSR count). The first-order valence-corrected chi connectivity index (χ1v) is 7.23. The zero-order chi connectivity index (χ0) is 12.1. The molecule has 0 bridgehead atoms. The molecular weight excluding hydrogens is 280 g/mol. The number of hydrogen-bond acceptors (Lipinski definition) is 2. The second-order valence-electron chi connectivity index (χ2n) is 4.62. The normalized spacial score (nSPS) is 21.6. The van der Waals surface area contributed by atoms with Crippen LogP contribution in [0.15, 0.2) is 24.3 Å². The molecule has 94 valence electrons. The minimum Gasteiger partial charge on any atom is -0.381 e. The van der Waals surface area contributed by atoms with E-state index < -0.39 is 0 Å². The maximum Gasteiger partial charge on any atom is 0.0921 e. The number of aryl methyl sites for hydroxylation is 1. The number of alkyl halides is 1. The molecule has 1 heterocycles. The van der Waals surface area contributed by atoms with Crippen LogP contribution in [-0.2, 0) is 9.47 Å². The minimum absolute atomic E-state index is 0.149. The van der Waals surface area contributed by atoms with Crippen LogP contribution in [0.3, 0.4) is 0 Å². The summed E-state index contributed by atoms with van der Waals surface area (Å²) in [5, 5.41) is 0.837. The summed E-state index contributed by atoms with van der Waals surface area (Å²) in [6.07, 6.45) is 1.28. The van der Waals surface area contributed by atoms with Crippen molar-refractivity contribution in [3.05, 3.63) is 35.4 Å². The maximum atomic E-state index is 5.97. The Balaban J connectivity index is 1.89. The summed E-state index contributed by atoms with van der Waals surface area (Å²) in [4.78, 5) is 0. The molecule has 2 unspecified atom stereocenters. The second-order valence-corrected chi connectivity index (χ2v) is 5.26. The Bertz CT molecular complexity index is 331. The van der Waals surface area contributed by atoms with Crippen LogP contribution in [0.5, 0.6) is 0 Å². The van der Waals surface area contributed by atoms with Gasteiger partial charge in [0.05, 0.1) is 19.3 Å². The molecule has 0 spiro atoms. The molecular formula is C14H19BrO2. The van der Waals surface area contributed by atoms with E-state index in [4.69, 9.17) is 9.47 Å². The summed E-state index contributed by atoms with van der Waals surface area (Å²) in [6.45, 7) is 4.63. The SMILES string of the molecule is Cc1ccc(C(CBr)OCC2CCOC2)cc1. The number of benzene rings is 1. The van der Waals surface area contributed by atoms with Crippen molar-refractivity contribution in [3.8, 4) is 0 Å². The molecule has 1 aromatic rings. The van der Waals surface area contributed by atoms with Crippen LogP contribution < -0.4 is 0 Å². The summed E-state index contributed by atoms with van der Waals surface area (Å²) in [6, 6.07) is 8.55. The molecule has 0 aliphatic carbocycles. The summed E-state index contributed by atoms with van der Waals surface area (Å²) in [5.74, 6) is 0.571. The van der Waals surface area contributed by atoms with E-state index in [1.54, 1.807) is 0 Å². The number of hydrogen-bond donors (Lipinski definition) is 0. The van der Waals surface area contributed by atoms with Crippen molar-refractivity contribution in [1.29, 1.82) is 0 Å². The third-order valence-electron chi connectivity index (χ3n) is 3.15. The van der Waals surface area contributed by atoms with E-state index in [9.17, 15) is 0 Å². The highest BCUT2D eigenvalue weighted by Gasteiger charge is 2.18. The van der Waals surface area contributed by atoms with Gasteiger partial charge in [0.15, 0.2) is 0 Å². The van der Waals surface area contributed by atoms with E-state index in [0.29, 0.717) is 5.92 Å². The lowest BCUT2D eigenvalue weighted by Gasteiger charge is -2.18. The zero-order valence-corrected chi connectivity index (χ0v) is 11.8. The van der Waals surface area contributed by atoms with Gasteiger partial charge in [0, 0.05) is 17.9 Å². The van der Waals surface area contributed by atoms with Gasteiger partial charge in [-0.05, 0) is 18.9 Å². The molecule has 1 aliphatic rings. The van der Waals surface area contributed by atoms with Gasteiger partial charge < -0.3 is 9.47 Å². The minimum atomic E-state index is 0.149. The van der Waals surface area contributed by atoms with Crippen molar-refractivity contribution < 1.29 is 9.47 Å². The maximum absolute atomic E-state index is 5.97. The molecule has 1 aliphatic heterocycles. The zero-order valence-electron chi connectivity index (χ0n) is 10.2. The highest BCUT2D eigenvalue weighted by atomic mass is 79.9. The van der Waals surface area contributed by atoms with Crippen LogP contribution in [-0.4, -0.2) is 25.2 Å². The van der Waals surface area contributed by atoms with Crippen molar-refractivity contribution in [2.24, 2.45) is 5.92 Å². The molecule has 0 aromatic heterocycles. The van der Waals surface area contributed by atoms with Crippen LogP contribution in [0.2, 0.25) is 0 Å². The Morgan fingerprint density at radius 3 is 2.76 bits per heavy atom. The average Bonchev–Trinajstić information content (AvgIpc) is 2.85. The molecule has 1 aromatic carbocycles. The standard InChI is InChI=1S/C14H19BrO2/c1-11-2-4-13(5-3-11)14(8-15)17-10-12-6-7-16-9-12/h2-5,12,14H,6-10H2,1H3. The molecule has 0 amide bonds. The van der Waals surface area contributed by atoms with Crippen molar-refractivity contribution in [3.63, 3.8) is 0 Å². The van der Waals surface area contributed by atoms with Crippen LogP contribution in [0, 0.1) is 12.8 Å². The highest BCUT2D eigenvalue weighted by Crippen LogP contribution is 2.23. The van der Waals surface area contributed by atoms with Crippen molar-refractivity contribution in [2.75, 3.05) is 25.2 Å². The monoisotopic (exact) mass is 298 g/mol. The Kier molecular flexibility index (Phi) is 5.01. The fraction of sp³-hybridized carbons (Fsp3) is 0.571. The Hall–Kier alpha value is -0.380. The van der Waals surface area contributed by atoms with Gasteiger partial charge in [0.1, 0.15) is 0 Å². The summed E-state index contributed by atoms with van der Waals surface area (Å²) in [5.41, 5.74) is 2.53. The summed E-state index contributed by atoms with van der Waals surface area (Å²) in [7, 11) is 0. The Morgan fingerprint density at radius 1 is 1.41 bits per heavy atom. The van der Waals surface area contributed by atoms with Gasteiger partial charge in [-0.2, -0.15) is 0 Å². The van der Waals surface area contributed by atoms with E-state index >= 15 is 0 Å². The molecule has 0 saturated carbocycles. The third kappa shape index (κ3) is 3.80. The Labute approximate surface area is 111 Å². The lowest BCUT2D eigenvalue weighted by atomic mass is 10.1. The van der Waals surface area contributed by atoms with Gasteiger partial charge >= 0.3 is 0 Å². The first-order chi connectivity index (χ1) is 8.29. The molecule has 2 nitrogen and oxygen atoms in total. The largest absolute Gasteiger partial charge is 0.381 e. The lowest BCUT2D eigenvalue weighted by molar-refractivity contribution is 0.0392. The van der Waals surface area contributed by atoms with Gasteiger partial charge in [-0.15, -0.1) is 0 Å². The average molecular weight is 299 g/mol. The van der Waals surface area contributed by atoms with Crippen LogP contribution in [0.25, 0.3) is 0 Å². The fourth-order valence-corrected chi connectivity index (χ4v) is 2.54. The molecule has 1 fully saturated rings. The van der Waals surface area contributed by atoms with Crippen LogP contribution in [0.1, 0.15) is 23.7 Å². The first kappa shape index (κ1) is 13.1. The smallest absolute Gasteiger partial charge is 0.0921 e. The first-order valence-electron chi connectivity index (χ1n) is 6.11. The molecule has 17 heavy (non-hydrogen) atoms. The fourth-order valence-electron chi connectivity index (χ4n) is 1.98. The second kappa shape index (κ2) is 6.53. The number of ether oxygens (including phenoxy) is 2. The number of halogens is 1. The van der Waals surface area contributed by atoms with Crippen molar-refractivity contribution in [2.45, 2.75) is 19.4 Å². The molecule has 1 saturated heterocycles. The number of rotatable bonds is 5. The van der Waals surface area contributed by atoms with E-state index in [1.165, 1.54) is 11.1 Å². The van der Waals surface area contributed by atoms with Gasteiger partial charge in [0.2, 0.25) is 0 Å². The summed E-state index contributed by atoms with van der Waals surface area (Å²) >= 11 is 3.52. The summed E-state index contributed by atoms with van der Waals surface area (Å²) < 4.78 is 11.3. The van der Waals surface area contributed by atoms with Crippen molar-refractivity contribution >= 4 is 15.9 Å². The van der Waals surface area contributed by atoms with E-state index in [2.05, 4.69) is 47.1 Å². The van der Waals surface area contributed by atoms with Gasteiger partial charge in [-0.1, -0.05) is 45.8 Å². The molecule has 0 radical (unpaired) electrons. The predicted octanol–water partition coefficient (Wildman–Crippen LogP) is 3.48. The highest BCUT2D eigenvalue weighted by molar-refractivity contribution is 9.09. The molecule has 3 heteroatoms. The topological polar surface area (TPSA) is 18.5 Å². The molecule has 2 atom stereocenters. The van der Waals surface area contributed by atoms with Crippen molar-refractivity contribution in [1.82, 2.24) is 0 Å². The third-order valence-corrected chi connectivity index (χ3v) is 3.73. The lowest BCUT2D eigenvalue weighted by Crippen LogP contribution is -2.14. The van der Waals surface area contributed by atoms with Crippen LogP contribution >= 0.6 is 15.9 Å². The van der Waals surface area contributed by atoms with E-state index in [0.717, 1.165) is 31.6 Å². The molecule has 0 N–H and O–H groups in total. The van der Waals surface area contributed by atoms with Gasteiger partial charge in [-0.25, -0.2) is 0 Å².